The van der Waals surface area contributed by atoms with Crippen molar-refractivity contribution >= 4 is 17.3 Å². The highest BCUT2D eigenvalue weighted by Gasteiger charge is 2.04. The molecule has 0 aliphatic heterocycles. The zero-order valence-corrected chi connectivity index (χ0v) is 15.8. The first-order valence-corrected chi connectivity index (χ1v) is 9.29. The standard InChI is InChI=1S/C18H26N4O2S/c1-4-19-18(21-10-8-15-12-25-13(2)22-15)20-9-7-14-5-6-16(23)17(11-14)24-3/h5-6,11-12,23H,4,7-10H2,1-3H3,(H2,19,20,21). The number of aryl methyl sites for hydroxylation is 1. The van der Waals surface area contributed by atoms with Crippen molar-refractivity contribution in [2.45, 2.75) is 26.7 Å². The van der Waals surface area contributed by atoms with Crippen LogP contribution in [0.4, 0.5) is 0 Å². The Hall–Kier alpha value is -2.28. The highest BCUT2D eigenvalue weighted by atomic mass is 32.1. The molecule has 0 saturated heterocycles. The zero-order chi connectivity index (χ0) is 18.1. The van der Waals surface area contributed by atoms with E-state index < -0.39 is 0 Å². The maximum atomic E-state index is 9.64. The van der Waals surface area contributed by atoms with E-state index in [1.54, 1.807) is 24.5 Å². The highest BCUT2D eigenvalue weighted by Crippen LogP contribution is 2.26. The number of phenolic OH excluding ortho intramolecular Hbond substituents is 1. The molecular weight excluding hydrogens is 336 g/mol. The summed E-state index contributed by atoms with van der Waals surface area (Å²) >= 11 is 1.67. The van der Waals surface area contributed by atoms with E-state index in [0.717, 1.165) is 48.2 Å². The van der Waals surface area contributed by atoms with Crippen molar-refractivity contribution in [2.75, 3.05) is 26.7 Å². The monoisotopic (exact) mass is 362 g/mol. The van der Waals surface area contributed by atoms with Crippen molar-refractivity contribution in [3.8, 4) is 11.5 Å². The molecule has 0 atom stereocenters. The lowest BCUT2D eigenvalue weighted by atomic mass is 10.1. The van der Waals surface area contributed by atoms with Gasteiger partial charge in [0.15, 0.2) is 17.5 Å². The third kappa shape index (κ3) is 6.26. The summed E-state index contributed by atoms with van der Waals surface area (Å²) in [5.74, 6) is 1.46. The predicted molar refractivity (Wildman–Crippen MR) is 103 cm³/mol. The largest absolute Gasteiger partial charge is 0.504 e. The molecule has 0 radical (unpaired) electrons. The van der Waals surface area contributed by atoms with E-state index in [0.29, 0.717) is 12.3 Å². The van der Waals surface area contributed by atoms with Gasteiger partial charge in [-0.15, -0.1) is 11.3 Å². The van der Waals surface area contributed by atoms with Crippen LogP contribution in [0.1, 0.15) is 23.2 Å². The summed E-state index contributed by atoms with van der Waals surface area (Å²) in [6.07, 6.45) is 1.66. The summed E-state index contributed by atoms with van der Waals surface area (Å²) in [6.45, 7) is 6.32. The minimum absolute atomic E-state index is 0.159. The van der Waals surface area contributed by atoms with Crippen LogP contribution in [-0.4, -0.2) is 42.8 Å². The molecule has 6 nitrogen and oxygen atoms in total. The van der Waals surface area contributed by atoms with Gasteiger partial charge in [0.05, 0.1) is 17.8 Å². The summed E-state index contributed by atoms with van der Waals surface area (Å²) in [5, 5.41) is 19.4. The number of benzene rings is 1. The topological polar surface area (TPSA) is 78.8 Å². The number of aromatic hydroxyl groups is 1. The number of ether oxygens (including phenoxy) is 1. The first kappa shape index (κ1) is 19.1. The molecule has 0 saturated carbocycles. The Kier molecular flexibility index (Phi) is 7.53. The Morgan fingerprint density at radius 1 is 1.32 bits per heavy atom. The van der Waals surface area contributed by atoms with E-state index in [2.05, 4.69) is 26.0 Å². The number of guanidine groups is 1. The Bertz CT molecular complexity index is 700. The van der Waals surface area contributed by atoms with E-state index in [9.17, 15) is 5.11 Å². The van der Waals surface area contributed by atoms with Crippen LogP contribution in [0.3, 0.4) is 0 Å². The summed E-state index contributed by atoms with van der Waals surface area (Å²) in [4.78, 5) is 9.05. The van der Waals surface area contributed by atoms with Gasteiger partial charge in [-0.3, -0.25) is 4.99 Å². The van der Waals surface area contributed by atoms with Crippen molar-refractivity contribution in [3.05, 3.63) is 39.8 Å². The lowest BCUT2D eigenvalue weighted by Gasteiger charge is -2.12. The van der Waals surface area contributed by atoms with Gasteiger partial charge < -0.3 is 20.5 Å². The van der Waals surface area contributed by atoms with Gasteiger partial charge in [-0.2, -0.15) is 0 Å². The van der Waals surface area contributed by atoms with Crippen LogP contribution in [0.2, 0.25) is 0 Å². The molecule has 0 spiro atoms. The van der Waals surface area contributed by atoms with Gasteiger partial charge in [0.2, 0.25) is 0 Å². The Morgan fingerprint density at radius 2 is 2.16 bits per heavy atom. The predicted octanol–water partition coefficient (Wildman–Crippen LogP) is 2.51. The average molecular weight is 362 g/mol. The average Bonchev–Trinajstić information content (AvgIpc) is 3.01. The number of aliphatic imine (C=N–C) groups is 1. The lowest BCUT2D eigenvalue weighted by molar-refractivity contribution is 0.373. The quantitative estimate of drug-likeness (QED) is 0.497. The van der Waals surface area contributed by atoms with Gasteiger partial charge in [0, 0.05) is 31.4 Å². The molecule has 3 N–H and O–H groups in total. The Labute approximate surface area is 153 Å². The van der Waals surface area contributed by atoms with Crippen LogP contribution in [0.25, 0.3) is 0 Å². The molecule has 1 aromatic carbocycles. The molecule has 2 aromatic rings. The molecule has 0 fully saturated rings. The lowest BCUT2D eigenvalue weighted by Crippen LogP contribution is -2.38. The minimum atomic E-state index is 0.159. The zero-order valence-electron chi connectivity index (χ0n) is 15.0. The number of hydrogen-bond acceptors (Lipinski definition) is 5. The second kappa shape index (κ2) is 9.88. The second-order valence-electron chi connectivity index (χ2n) is 5.55. The SMILES string of the molecule is CCNC(=NCCc1csc(C)n1)NCCc1ccc(O)c(OC)c1. The molecule has 0 aliphatic rings. The molecule has 0 aliphatic carbocycles. The van der Waals surface area contributed by atoms with Crippen molar-refractivity contribution in [1.29, 1.82) is 0 Å². The normalized spacial score (nSPS) is 11.4. The number of thiazole rings is 1. The molecule has 25 heavy (non-hydrogen) atoms. The van der Waals surface area contributed by atoms with Gasteiger partial charge in [-0.1, -0.05) is 6.07 Å². The number of nitrogens with zero attached hydrogens (tertiary/aromatic N) is 2. The number of rotatable bonds is 8. The van der Waals surface area contributed by atoms with E-state index in [1.807, 2.05) is 26.0 Å². The van der Waals surface area contributed by atoms with Crippen molar-refractivity contribution in [3.63, 3.8) is 0 Å². The van der Waals surface area contributed by atoms with Gasteiger partial charge >= 0.3 is 0 Å². The van der Waals surface area contributed by atoms with Crippen LogP contribution in [0.15, 0.2) is 28.6 Å². The fourth-order valence-electron chi connectivity index (χ4n) is 2.35. The number of methoxy groups -OCH3 is 1. The fourth-order valence-corrected chi connectivity index (χ4v) is 3.00. The summed E-state index contributed by atoms with van der Waals surface area (Å²) < 4.78 is 5.14. The van der Waals surface area contributed by atoms with Crippen LogP contribution in [-0.2, 0) is 12.8 Å². The van der Waals surface area contributed by atoms with Crippen molar-refractivity contribution < 1.29 is 9.84 Å². The molecule has 2 rings (SSSR count). The van der Waals surface area contributed by atoms with Crippen molar-refractivity contribution in [1.82, 2.24) is 15.6 Å². The van der Waals surface area contributed by atoms with E-state index in [4.69, 9.17) is 4.74 Å². The number of phenols is 1. The van der Waals surface area contributed by atoms with E-state index >= 15 is 0 Å². The highest BCUT2D eigenvalue weighted by molar-refractivity contribution is 7.09. The Balaban J connectivity index is 1.83. The van der Waals surface area contributed by atoms with Crippen LogP contribution < -0.4 is 15.4 Å². The van der Waals surface area contributed by atoms with Crippen LogP contribution in [0.5, 0.6) is 11.5 Å². The van der Waals surface area contributed by atoms with Crippen LogP contribution >= 0.6 is 11.3 Å². The molecule has 1 aromatic heterocycles. The smallest absolute Gasteiger partial charge is 0.191 e. The molecule has 7 heteroatoms. The molecule has 136 valence electrons. The summed E-state index contributed by atoms with van der Waals surface area (Å²) in [6, 6.07) is 5.41. The van der Waals surface area contributed by atoms with E-state index in [-0.39, 0.29) is 5.75 Å². The van der Waals surface area contributed by atoms with Crippen LogP contribution in [0, 0.1) is 6.92 Å². The molecule has 1 heterocycles. The number of nitrogens with one attached hydrogen (secondary N) is 2. The van der Waals surface area contributed by atoms with Gasteiger partial charge in [-0.05, 0) is 38.0 Å². The maximum absolute atomic E-state index is 9.64. The van der Waals surface area contributed by atoms with Gasteiger partial charge in [0.1, 0.15) is 0 Å². The summed E-state index contributed by atoms with van der Waals surface area (Å²) in [5.41, 5.74) is 2.19. The molecule has 0 amide bonds. The summed E-state index contributed by atoms with van der Waals surface area (Å²) in [7, 11) is 1.55. The number of hydrogen-bond donors (Lipinski definition) is 3. The Morgan fingerprint density at radius 3 is 2.84 bits per heavy atom. The first-order valence-electron chi connectivity index (χ1n) is 8.41. The maximum Gasteiger partial charge on any atom is 0.191 e. The second-order valence-corrected chi connectivity index (χ2v) is 6.61. The third-order valence-electron chi connectivity index (χ3n) is 3.60. The minimum Gasteiger partial charge on any atom is -0.504 e. The third-order valence-corrected chi connectivity index (χ3v) is 4.42. The number of aromatic nitrogens is 1. The van der Waals surface area contributed by atoms with Crippen molar-refractivity contribution in [2.24, 2.45) is 4.99 Å². The van der Waals surface area contributed by atoms with Gasteiger partial charge in [0.25, 0.3) is 0 Å². The fraction of sp³-hybridized carbons (Fsp3) is 0.444. The molecule has 0 bridgehead atoms. The van der Waals surface area contributed by atoms with Gasteiger partial charge in [-0.25, -0.2) is 4.98 Å². The molecular formula is C18H26N4O2S. The molecule has 0 unspecified atom stereocenters. The first-order chi connectivity index (χ1) is 12.1. The van der Waals surface area contributed by atoms with E-state index in [1.165, 1.54) is 0 Å².